The number of nitrogens with one attached hydrogen (secondary N) is 1. The minimum atomic E-state index is -0.0966. The second-order valence-corrected chi connectivity index (χ2v) is 5.23. The molecule has 1 aliphatic carbocycles. The highest BCUT2D eigenvalue weighted by Gasteiger charge is 2.30. The Labute approximate surface area is 111 Å². The van der Waals surface area contributed by atoms with Gasteiger partial charge in [0, 0.05) is 25.3 Å². The van der Waals surface area contributed by atoms with Crippen molar-refractivity contribution < 1.29 is 9.59 Å². The number of amides is 2. The van der Waals surface area contributed by atoms with Crippen molar-refractivity contribution in [2.24, 2.45) is 0 Å². The van der Waals surface area contributed by atoms with Gasteiger partial charge in [-0.3, -0.25) is 9.59 Å². The van der Waals surface area contributed by atoms with Gasteiger partial charge in [0.2, 0.25) is 5.91 Å². The van der Waals surface area contributed by atoms with E-state index in [1.807, 2.05) is 10.8 Å². The number of hydrogen-bond acceptors (Lipinski definition) is 3. The summed E-state index contributed by atoms with van der Waals surface area (Å²) >= 11 is 0. The maximum atomic E-state index is 12.5. The lowest BCUT2D eigenvalue weighted by Gasteiger charge is -2.19. The molecule has 1 saturated heterocycles. The fourth-order valence-electron chi connectivity index (χ4n) is 2.47. The monoisotopic (exact) mass is 262 g/mol. The van der Waals surface area contributed by atoms with Gasteiger partial charge in [-0.1, -0.05) is 0 Å². The largest absolute Gasteiger partial charge is 0.397 e. The predicted octanol–water partition coefficient (Wildman–Crippen LogP) is 0.367. The van der Waals surface area contributed by atoms with Crippen LogP contribution in [0.15, 0.2) is 12.3 Å². The number of rotatable bonds is 2. The number of aromatic nitrogens is 1. The van der Waals surface area contributed by atoms with Crippen molar-refractivity contribution >= 4 is 17.5 Å². The molecule has 0 spiro atoms. The van der Waals surface area contributed by atoms with E-state index < -0.39 is 0 Å². The van der Waals surface area contributed by atoms with Crippen molar-refractivity contribution in [1.82, 2.24) is 14.8 Å². The molecule has 0 atom stereocenters. The second-order valence-electron chi connectivity index (χ2n) is 5.23. The van der Waals surface area contributed by atoms with Crippen LogP contribution < -0.4 is 11.1 Å². The number of nitrogens with zero attached hydrogens (tertiary/aromatic N) is 2. The molecule has 1 aliphatic heterocycles. The van der Waals surface area contributed by atoms with E-state index in [0.29, 0.717) is 30.5 Å². The van der Waals surface area contributed by atoms with Crippen molar-refractivity contribution in [3.05, 3.63) is 18.0 Å². The van der Waals surface area contributed by atoms with E-state index in [0.717, 1.165) is 19.3 Å². The van der Waals surface area contributed by atoms with E-state index in [1.165, 1.54) is 0 Å². The molecule has 0 bridgehead atoms. The highest BCUT2D eigenvalue weighted by Crippen LogP contribution is 2.37. The first kappa shape index (κ1) is 12.1. The van der Waals surface area contributed by atoms with Crippen molar-refractivity contribution in [3.8, 4) is 0 Å². The van der Waals surface area contributed by atoms with Crippen LogP contribution in [0.1, 0.15) is 35.8 Å². The van der Waals surface area contributed by atoms with E-state index in [9.17, 15) is 9.59 Å². The Morgan fingerprint density at radius 3 is 2.95 bits per heavy atom. The van der Waals surface area contributed by atoms with Crippen LogP contribution in [-0.2, 0) is 4.79 Å². The molecule has 3 N–H and O–H groups in total. The van der Waals surface area contributed by atoms with Crippen LogP contribution in [0.3, 0.4) is 0 Å². The van der Waals surface area contributed by atoms with Gasteiger partial charge in [0.05, 0.1) is 12.2 Å². The van der Waals surface area contributed by atoms with Gasteiger partial charge in [-0.15, -0.1) is 0 Å². The first-order valence-corrected chi connectivity index (χ1v) is 6.68. The minimum Gasteiger partial charge on any atom is -0.397 e. The normalized spacial score (nSPS) is 20.0. The Morgan fingerprint density at radius 1 is 1.42 bits per heavy atom. The fourth-order valence-corrected chi connectivity index (χ4v) is 2.47. The summed E-state index contributed by atoms with van der Waals surface area (Å²) in [6, 6.07) is 2.11. The van der Waals surface area contributed by atoms with Gasteiger partial charge in [-0.25, -0.2) is 0 Å². The lowest BCUT2D eigenvalue weighted by molar-refractivity contribution is -0.121. The molecule has 1 aromatic heterocycles. The summed E-state index contributed by atoms with van der Waals surface area (Å²) in [5.74, 6) is -0.191. The van der Waals surface area contributed by atoms with E-state index in [-0.39, 0.29) is 18.4 Å². The lowest BCUT2D eigenvalue weighted by atomic mass is 10.3. The van der Waals surface area contributed by atoms with Gasteiger partial charge in [-0.2, -0.15) is 0 Å². The van der Waals surface area contributed by atoms with Crippen LogP contribution in [0.5, 0.6) is 0 Å². The highest BCUT2D eigenvalue weighted by atomic mass is 16.2. The number of anilines is 1. The Hall–Kier alpha value is -1.98. The zero-order valence-corrected chi connectivity index (χ0v) is 10.8. The summed E-state index contributed by atoms with van der Waals surface area (Å²) in [5.41, 5.74) is 7.01. The van der Waals surface area contributed by atoms with Gasteiger partial charge in [-0.05, 0) is 25.3 Å². The molecule has 3 rings (SSSR count). The summed E-state index contributed by atoms with van der Waals surface area (Å²) in [4.78, 5) is 25.7. The molecule has 2 aliphatic rings. The van der Waals surface area contributed by atoms with Crippen molar-refractivity contribution in [2.75, 3.05) is 25.4 Å². The second kappa shape index (κ2) is 4.60. The topological polar surface area (TPSA) is 80.4 Å². The minimum absolute atomic E-state index is 0.0941. The maximum absolute atomic E-state index is 12.5. The summed E-state index contributed by atoms with van der Waals surface area (Å²) in [6.07, 6.45) is 4.80. The predicted molar refractivity (Wildman–Crippen MR) is 70.6 cm³/mol. The van der Waals surface area contributed by atoms with Crippen molar-refractivity contribution in [1.29, 1.82) is 0 Å². The number of hydrogen-bond donors (Lipinski definition) is 2. The quantitative estimate of drug-likeness (QED) is 0.808. The van der Waals surface area contributed by atoms with E-state index in [1.54, 1.807) is 11.0 Å². The fraction of sp³-hybridized carbons (Fsp3) is 0.538. The molecule has 0 aromatic carbocycles. The maximum Gasteiger partial charge on any atom is 0.271 e. The SMILES string of the molecule is Nc1cc(C(=O)N2CCCNC(=O)C2)n(C2CC2)c1. The molecule has 1 saturated carbocycles. The van der Waals surface area contributed by atoms with Crippen LogP contribution in [0, 0.1) is 0 Å². The first-order chi connectivity index (χ1) is 9.15. The first-order valence-electron chi connectivity index (χ1n) is 6.68. The van der Waals surface area contributed by atoms with Gasteiger partial charge in [0.1, 0.15) is 5.69 Å². The summed E-state index contributed by atoms with van der Waals surface area (Å²) < 4.78 is 1.96. The number of carbonyl (C=O) groups excluding carboxylic acids is 2. The lowest BCUT2D eigenvalue weighted by Crippen LogP contribution is -2.38. The molecule has 19 heavy (non-hydrogen) atoms. The summed E-state index contributed by atoms with van der Waals surface area (Å²) in [6.45, 7) is 1.37. The summed E-state index contributed by atoms with van der Waals surface area (Å²) in [5, 5.41) is 2.77. The molecule has 6 nitrogen and oxygen atoms in total. The number of nitrogens with two attached hydrogens (primary N) is 1. The van der Waals surface area contributed by atoms with Crippen LogP contribution in [0.4, 0.5) is 5.69 Å². The Morgan fingerprint density at radius 2 is 2.21 bits per heavy atom. The van der Waals surface area contributed by atoms with Crippen molar-refractivity contribution in [3.63, 3.8) is 0 Å². The molecule has 0 unspecified atom stereocenters. The zero-order valence-electron chi connectivity index (χ0n) is 10.8. The number of nitrogen functional groups attached to an aromatic ring is 1. The highest BCUT2D eigenvalue weighted by molar-refractivity contribution is 5.96. The van der Waals surface area contributed by atoms with Crippen molar-refractivity contribution in [2.45, 2.75) is 25.3 Å². The number of carbonyl (C=O) groups is 2. The molecular formula is C13H18N4O2. The molecule has 2 fully saturated rings. The third kappa shape index (κ3) is 2.43. The average molecular weight is 262 g/mol. The van der Waals surface area contributed by atoms with Gasteiger partial charge in [0.25, 0.3) is 5.91 Å². The molecule has 2 amide bonds. The van der Waals surface area contributed by atoms with Crippen LogP contribution in [0.2, 0.25) is 0 Å². The molecule has 0 radical (unpaired) electrons. The molecular weight excluding hydrogens is 244 g/mol. The van der Waals surface area contributed by atoms with E-state index in [4.69, 9.17) is 5.73 Å². The molecule has 2 heterocycles. The molecule has 102 valence electrons. The van der Waals surface area contributed by atoms with Gasteiger partial charge >= 0.3 is 0 Å². The van der Waals surface area contributed by atoms with Crippen LogP contribution in [-0.4, -0.2) is 40.9 Å². The van der Waals surface area contributed by atoms with E-state index >= 15 is 0 Å². The van der Waals surface area contributed by atoms with Gasteiger partial charge in [0.15, 0.2) is 0 Å². The van der Waals surface area contributed by atoms with Crippen LogP contribution >= 0.6 is 0 Å². The molecule has 1 aromatic rings. The van der Waals surface area contributed by atoms with E-state index in [2.05, 4.69) is 5.32 Å². The smallest absolute Gasteiger partial charge is 0.271 e. The Kier molecular flexibility index (Phi) is 2.93. The Balaban J connectivity index is 1.84. The third-order valence-electron chi connectivity index (χ3n) is 3.58. The van der Waals surface area contributed by atoms with Crippen LogP contribution in [0.25, 0.3) is 0 Å². The average Bonchev–Trinajstić information content (AvgIpc) is 3.17. The van der Waals surface area contributed by atoms with Gasteiger partial charge < -0.3 is 20.5 Å². The summed E-state index contributed by atoms with van der Waals surface area (Å²) in [7, 11) is 0. The standard InChI is InChI=1S/C13H18N4O2/c14-9-6-11(17(7-9)10-2-3-10)13(19)16-5-1-4-15-12(18)8-16/h6-7,10H,1-5,8,14H2,(H,15,18). The third-order valence-corrected chi connectivity index (χ3v) is 3.58. The molecule has 6 heteroatoms. The Bertz CT molecular complexity index is 519. The zero-order chi connectivity index (χ0) is 13.4.